The molecule has 2 aliphatic rings. The number of carbonyl (C=O) groups is 1. The van der Waals surface area contributed by atoms with Crippen molar-refractivity contribution < 1.29 is 64.6 Å². The van der Waals surface area contributed by atoms with Crippen LogP contribution in [0.15, 0.2) is 12.2 Å². The van der Waals surface area contributed by atoms with Crippen LogP contribution in [-0.2, 0) is 23.7 Å². The summed E-state index contributed by atoms with van der Waals surface area (Å²) in [7, 11) is 0. The molecule has 2 fully saturated rings. The van der Waals surface area contributed by atoms with Gasteiger partial charge in [-0.1, -0.05) is 257 Å². The van der Waals surface area contributed by atoms with Gasteiger partial charge in [-0.15, -0.1) is 0 Å². The topological polar surface area (TPSA) is 228 Å². The molecule has 77 heavy (non-hydrogen) atoms. The van der Waals surface area contributed by atoms with Crippen LogP contribution in [0.3, 0.4) is 0 Å². The summed E-state index contributed by atoms with van der Waals surface area (Å²) in [6.07, 6.45) is 40.7. The van der Waals surface area contributed by atoms with Crippen molar-refractivity contribution in [2.75, 3.05) is 19.8 Å². The van der Waals surface area contributed by atoms with Crippen LogP contribution in [0.25, 0.3) is 0 Å². The summed E-state index contributed by atoms with van der Waals surface area (Å²) in [6, 6.07) is -0.826. The van der Waals surface area contributed by atoms with Gasteiger partial charge in [-0.25, -0.2) is 0 Å². The molecule has 2 rings (SSSR count). The van der Waals surface area contributed by atoms with Crippen LogP contribution in [-0.4, -0.2) is 140 Å². The molecule has 12 atom stereocenters. The molecule has 2 saturated heterocycles. The third kappa shape index (κ3) is 34.7. The molecule has 0 aliphatic carbocycles. The molecule has 2 aliphatic heterocycles. The lowest BCUT2D eigenvalue weighted by Crippen LogP contribution is -2.65. The first-order valence-electron chi connectivity index (χ1n) is 32.4. The maximum Gasteiger partial charge on any atom is 0.220 e. The molecular weight excluding hydrogens is 979 g/mol. The highest BCUT2D eigenvalue weighted by Crippen LogP contribution is 2.30. The van der Waals surface area contributed by atoms with E-state index in [9.17, 15) is 45.6 Å². The van der Waals surface area contributed by atoms with Crippen molar-refractivity contribution in [1.82, 2.24) is 5.32 Å². The van der Waals surface area contributed by atoms with Crippen LogP contribution in [0, 0.1) is 0 Å². The van der Waals surface area contributed by atoms with Crippen LogP contribution in [0.4, 0.5) is 0 Å². The Labute approximate surface area is 469 Å². The van der Waals surface area contributed by atoms with Crippen LogP contribution in [0.5, 0.6) is 0 Å². The van der Waals surface area contributed by atoms with Gasteiger partial charge in [0.05, 0.1) is 32.0 Å². The Morgan fingerprint density at radius 3 is 1.23 bits per heavy atom. The largest absolute Gasteiger partial charge is 0.394 e. The molecule has 0 aromatic carbocycles. The van der Waals surface area contributed by atoms with E-state index in [0.29, 0.717) is 12.8 Å². The number of unbranched alkanes of at least 4 members (excludes halogenated alkanes) is 38. The van der Waals surface area contributed by atoms with Gasteiger partial charge in [-0.3, -0.25) is 4.79 Å². The average molecular weight is 1100 g/mol. The van der Waals surface area contributed by atoms with E-state index in [4.69, 9.17) is 18.9 Å². The molecule has 9 N–H and O–H groups in total. The Balaban J connectivity index is 1.70. The Kier molecular flexibility index (Phi) is 46.0. The fraction of sp³-hybridized carbons (Fsp3) is 0.952. The number of ether oxygens (including phenoxy) is 4. The van der Waals surface area contributed by atoms with Gasteiger partial charge >= 0.3 is 0 Å². The second-order valence-corrected chi connectivity index (χ2v) is 23.2. The predicted octanol–water partition coefficient (Wildman–Crippen LogP) is 11.8. The number of aliphatic hydroxyl groups is 8. The smallest absolute Gasteiger partial charge is 0.220 e. The molecule has 0 bridgehead atoms. The fourth-order valence-electron chi connectivity index (χ4n) is 11.0. The quantitative estimate of drug-likeness (QED) is 0.0204. The van der Waals surface area contributed by atoms with Crippen LogP contribution < -0.4 is 5.32 Å². The number of amides is 1. The van der Waals surface area contributed by atoms with Crippen molar-refractivity contribution in [3.05, 3.63) is 12.2 Å². The van der Waals surface area contributed by atoms with Gasteiger partial charge in [0.1, 0.15) is 48.8 Å². The lowest BCUT2D eigenvalue weighted by molar-refractivity contribution is -0.359. The first kappa shape index (κ1) is 71.8. The Morgan fingerprint density at radius 2 is 0.818 bits per heavy atom. The second-order valence-electron chi connectivity index (χ2n) is 23.2. The maximum atomic E-state index is 13.3. The predicted molar refractivity (Wildman–Crippen MR) is 309 cm³/mol. The third-order valence-electron chi connectivity index (χ3n) is 16.2. The van der Waals surface area contributed by atoms with Gasteiger partial charge in [0.15, 0.2) is 12.6 Å². The van der Waals surface area contributed by atoms with Crippen LogP contribution >= 0.6 is 0 Å². The first-order valence-corrected chi connectivity index (χ1v) is 32.4. The molecule has 0 spiro atoms. The summed E-state index contributed by atoms with van der Waals surface area (Å²) >= 11 is 0. The standard InChI is InChI=1S/C63H121NO13/c1-3-5-7-9-11-13-15-17-19-21-23-24-25-26-27-28-29-31-33-35-37-39-41-43-45-47-55(68)64-51(52(67)46-44-42-40-38-36-34-32-30-22-20-18-16-14-12-10-8-6-4-2)50-74-62-60(73)58(71)61(54(49-66)76-62)77-63-59(72)57(70)56(69)53(48-65)75-63/h21,23,51-54,56-63,65-67,69-73H,3-20,22,24-50H2,1-2H3,(H,64,68)/b23-21-. The number of hydrogen-bond acceptors (Lipinski definition) is 13. The van der Waals surface area contributed by atoms with Gasteiger partial charge < -0.3 is 65.1 Å². The number of rotatable bonds is 53. The maximum absolute atomic E-state index is 13.3. The van der Waals surface area contributed by atoms with Crippen molar-refractivity contribution >= 4 is 5.91 Å². The summed E-state index contributed by atoms with van der Waals surface area (Å²) in [5, 5.41) is 87.4. The van der Waals surface area contributed by atoms with E-state index in [1.54, 1.807) is 0 Å². The van der Waals surface area contributed by atoms with E-state index in [1.807, 2.05) is 0 Å². The molecule has 0 aromatic rings. The highest BCUT2D eigenvalue weighted by molar-refractivity contribution is 5.76. The Morgan fingerprint density at radius 1 is 0.455 bits per heavy atom. The zero-order valence-electron chi connectivity index (χ0n) is 49.2. The van der Waals surface area contributed by atoms with Crippen molar-refractivity contribution in [3.8, 4) is 0 Å². The monoisotopic (exact) mass is 1100 g/mol. The van der Waals surface area contributed by atoms with Gasteiger partial charge in [0.2, 0.25) is 5.91 Å². The minimum Gasteiger partial charge on any atom is -0.394 e. The summed E-state index contributed by atoms with van der Waals surface area (Å²) in [6.45, 7) is 2.90. The van der Waals surface area contributed by atoms with E-state index in [-0.39, 0.29) is 12.5 Å². The van der Waals surface area contributed by atoms with Gasteiger partial charge in [-0.05, 0) is 38.5 Å². The zero-order valence-corrected chi connectivity index (χ0v) is 49.2. The van der Waals surface area contributed by atoms with E-state index in [0.717, 1.165) is 51.4 Å². The van der Waals surface area contributed by atoms with Gasteiger partial charge in [0.25, 0.3) is 0 Å². The highest BCUT2D eigenvalue weighted by Gasteiger charge is 2.51. The first-order chi connectivity index (χ1) is 37.6. The van der Waals surface area contributed by atoms with E-state index < -0.39 is 86.8 Å². The van der Waals surface area contributed by atoms with Gasteiger partial charge in [0, 0.05) is 6.42 Å². The van der Waals surface area contributed by atoms with E-state index >= 15 is 0 Å². The van der Waals surface area contributed by atoms with E-state index in [2.05, 4.69) is 31.3 Å². The number of carbonyl (C=O) groups excluding carboxylic acids is 1. The lowest BCUT2D eigenvalue weighted by atomic mass is 9.97. The molecule has 1 amide bonds. The minimum absolute atomic E-state index is 0.202. The Bertz CT molecular complexity index is 1340. The van der Waals surface area contributed by atoms with Crippen LogP contribution in [0.1, 0.15) is 290 Å². The molecular formula is C63H121NO13. The van der Waals surface area contributed by atoms with Crippen molar-refractivity contribution in [2.24, 2.45) is 0 Å². The molecule has 12 unspecified atom stereocenters. The highest BCUT2D eigenvalue weighted by atomic mass is 16.7. The number of nitrogens with one attached hydrogen (secondary N) is 1. The third-order valence-corrected chi connectivity index (χ3v) is 16.2. The Hall–Kier alpha value is -1.27. The number of allylic oxidation sites excluding steroid dienone is 2. The summed E-state index contributed by atoms with van der Waals surface area (Å²) in [5.74, 6) is -0.202. The number of hydrogen-bond donors (Lipinski definition) is 9. The summed E-state index contributed by atoms with van der Waals surface area (Å²) in [5.41, 5.74) is 0. The molecule has 0 saturated carbocycles. The minimum atomic E-state index is -1.78. The van der Waals surface area contributed by atoms with Crippen molar-refractivity contribution in [2.45, 2.75) is 364 Å². The molecule has 0 aromatic heterocycles. The molecule has 14 heteroatoms. The molecule has 456 valence electrons. The average Bonchev–Trinajstić information content (AvgIpc) is 3.44. The van der Waals surface area contributed by atoms with Crippen molar-refractivity contribution in [3.63, 3.8) is 0 Å². The van der Waals surface area contributed by atoms with Crippen LogP contribution in [0.2, 0.25) is 0 Å². The zero-order chi connectivity index (χ0) is 56.0. The van der Waals surface area contributed by atoms with Crippen molar-refractivity contribution in [1.29, 1.82) is 0 Å². The molecule has 2 heterocycles. The molecule has 14 nitrogen and oxygen atoms in total. The lowest BCUT2D eigenvalue weighted by Gasteiger charge is -2.46. The number of aliphatic hydroxyl groups excluding tert-OH is 8. The second kappa shape index (κ2) is 49.3. The molecule has 0 radical (unpaired) electrons. The summed E-state index contributed by atoms with van der Waals surface area (Å²) < 4.78 is 22.9. The SMILES string of the molecule is CCCCCCCCCC/C=C\CCCCCCCCCCCCCCCC(=O)NC(COC1OC(CO)C(OC2OC(CO)C(O)C(O)C2O)C(O)C1O)C(O)CCCCCCCCCCCCCCCCCCCC. The van der Waals surface area contributed by atoms with E-state index in [1.165, 1.54) is 212 Å². The van der Waals surface area contributed by atoms with Gasteiger partial charge in [-0.2, -0.15) is 0 Å². The fourth-order valence-corrected chi connectivity index (χ4v) is 11.0. The summed E-state index contributed by atoms with van der Waals surface area (Å²) in [4.78, 5) is 13.3. The normalized spacial score (nSPS) is 24.7.